The topological polar surface area (TPSA) is 92.3 Å². The van der Waals surface area contributed by atoms with Gasteiger partial charge in [0.15, 0.2) is 0 Å². The van der Waals surface area contributed by atoms with Crippen LogP contribution in [0.5, 0.6) is 0 Å². The van der Waals surface area contributed by atoms with Crippen LogP contribution in [0.3, 0.4) is 0 Å². The van der Waals surface area contributed by atoms with E-state index in [-0.39, 0.29) is 15.5 Å². The molecule has 2 aromatic rings. The predicted octanol–water partition coefficient (Wildman–Crippen LogP) is 2.63. The summed E-state index contributed by atoms with van der Waals surface area (Å²) in [7, 11) is -6.21. The summed E-state index contributed by atoms with van der Waals surface area (Å²) in [6, 6.07) is 7.92. The first-order chi connectivity index (χ1) is 11.5. The van der Waals surface area contributed by atoms with E-state index in [1.54, 1.807) is 39.0 Å². The van der Waals surface area contributed by atoms with Crippen LogP contribution >= 0.6 is 0 Å². The van der Waals surface area contributed by atoms with Crippen molar-refractivity contribution in [1.29, 1.82) is 0 Å². The van der Waals surface area contributed by atoms with Gasteiger partial charge in [0.1, 0.15) is 0 Å². The van der Waals surface area contributed by atoms with Crippen molar-refractivity contribution in [3.8, 4) is 0 Å². The number of benzene rings is 2. The van der Waals surface area contributed by atoms with E-state index >= 15 is 0 Å². The quantitative estimate of drug-likeness (QED) is 0.831. The van der Waals surface area contributed by atoms with Gasteiger partial charge in [0, 0.05) is 0 Å². The molecule has 0 saturated carbocycles. The van der Waals surface area contributed by atoms with Gasteiger partial charge in [0.25, 0.3) is 10.0 Å². The van der Waals surface area contributed by atoms with Crippen molar-refractivity contribution in [3.05, 3.63) is 52.6 Å². The Morgan fingerprint density at radius 3 is 1.84 bits per heavy atom. The minimum Gasteiger partial charge on any atom is -0.279 e. The lowest BCUT2D eigenvalue weighted by molar-refractivity contribution is 0.587. The number of aryl methyl sites for hydroxylation is 4. The number of anilines is 1. The van der Waals surface area contributed by atoms with E-state index in [9.17, 15) is 16.8 Å². The summed E-state index contributed by atoms with van der Waals surface area (Å²) < 4.78 is 54.4. The van der Waals surface area contributed by atoms with Gasteiger partial charge >= 0.3 is 0 Å². The van der Waals surface area contributed by atoms with Crippen molar-refractivity contribution in [2.75, 3.05) is 11.8 Å². The average Bonchev–Trinajstić information content (AvgIpc) is 2.47. The van der Waals surface area contributed by atoms with E-state index in [1.165, 1.54) is 19.2 Å². The lowest BCUT2D eigenvalue weighted by Crippen LogP contribution is -2.20. The molecular formula is C17H22N2O4S2. The third-order valence-corrected chi connectivity index (χ3v) is 6.99. The SMILES string of the molecule is CNS(=O)(=O)c1ccc(C)c(NS(=O)(=O)c2c(C)cc(C)cc2C)c1. The Morgan fingerprint density at radius 2 is 1.32 bits per heavy atom. The highest BCUT2D eigenvalue weighted by Gasteiger charge is 2.22. The molecule has 0 aromatic heterocycles. The van der Waals surface area contributed by atoms with Gasteiger partial charge < -0.3 is 0 Å². The molecule has 0 saturated heterocycles. The zero-order valence-electron chi connectivity index (χ0n) is 14.8. The van der Waals surface area contributed by atoms with Crippen LogP contribution in [0.25, 0.3) is 0 Å². The van der Waals surface area contributed by atoms with Crippen LogP contribution in [-0.2, 0) is 20.0 Å². The second-order valence-corrected chi connectivity index (χ2v) is 9.52. The molecule has 2 rings (SSSR count). The summed E-state index contributed by atoms with van der Waals surface area (Å²) in [5.74, 6) is 0. The summed E-state index contributed by atoms with van der Waals surface area (Å²) >= 11 is 0. The van der Waals surface area contributed by atoms with Crippen LogP contribution in [0, 0.1) is 27.7 Å². The largest absolute Gasteiger partial charge is 0.279 e. The second kappa shape index (κ2) is 6.78. The molecule has 6 nitrogen and oxygen atoms in total. The molecule has 0 radical (unpaired) electrons. The molecule has 0 aliphatic heterocycles. The number of nitrogens with one attached hydrogen (secondary N) is 2. The molecule has 0 fully saturated rings. The van der Waals surface area contributed by atoms with Crippen LogP contribution in [0.15, 0.2) is 40.1 Å². The van der Waals surface area contributed by atoms with Crippen LogP contribution in [0.1, 0.15) is 22.3 Å². The number of hydrogen-bond donors (Lipinski definition) is 2. The van der Waals surface area contributed by atoms with Crippen molar-refractivity contribution in [1.82, 2.24) is 4.72 Å². The zero-order chi connectivity index (χ0) is 19.0. The standard InChI is InChI=1S/C17H22N2O4S2/c1-11-8-13(3)17(14(4)9-11)25(22,23)19-16-10-15(7-6-12(16)2)24(20,21)18-5/h6-10,18-19H,1-5H3. The van der Waals surface area contributed by atoms with Gasteiger partial charge in [-0.1, -0.05) is 23.8 Å². The summed E-state index contributed by atoms with van der Waals surface area (Å²) in [5.41, 5.74) is 3.12. The van der Waals surface area contributed by atoms with Gasteiger partial charge in [-0.25, -0.2) is 21.6 Å². The number of rotatable bonds is 5. The highest BCUT2D eigenvalue weighted by molar-refractivity contribution is 7.92. The monoisotopic (exact) mass is 382 g/mol. The minimum atomic E-state index is -3.85. The molecule has 0 unspecified atom stereocenters. The predicted molar refractivity (Wildman–Crippen MR) is 98.9 cm³/mol. The van der Waals surface area contributed by atoms with Crippen molar-refractivity contribution >= 4 is 25.7 Å². The average molecular weight is 383 g/mol. The van der Waals surface area contributed by atoms with E-state index in [0.29, 0.717) is 16.7 Å². The van der Waals surface area contributed by atoms with Crippen LogP contribution < -0.4 is 9.44 Å². The Labute approximate surface area is 149 Å². The molecule has 2 N–H and O–H groups in total. The highest BCUT2D eigenvalue weighted by atomic mass is 32.2. The van der Waals surface area contributed by atoms with E-state index < -0.39 is 20.0 Å². The lowest BCUT2D eigenvalue weighted by atomic mass is 10.1. The lowest BCUT2D eigenvalue weighted by Gasteiger charge is -2.16. The molecular weight excluding hydrogens is 360 g/mol. The third-order valence-electron chi connectivity index (χ3n) is 3.91. The van der Waals surface area contributed by atoms with Gasteiger partial charge in [-0.15, -0.1) is 0 Å². The number of hydrogen-bond acceptors (Lipinski definition) is 4. The molecule has 2 aromatic carbocycles. The minimum absolute atomic E-state index is 0.00403. The molecule has 0 bridgehead atoms. The van der Waals surface area contributed by atoms with E-state index in [1.807, 2.05) is 6.92 Å². The van der Waals surface area contributed by atoms with Crippen molar-refractivity contribution in [2.45, 2.75) is 37.5 Å². The maximum atomic E-state index is 12.9. The molecule has 0 aliphatic rings. The molecule has 8 heteroatoms. The molecule has 0 heterocycles. The molecule has 25 heavy (non-hydrogen) atoms. The van der Waals surface area contributed by atoms with Gasteiger partial charge in [-0.05, 0) is 63.6 Å². The Bertz CT molecular complexity index is 1000. The fourth-order valence-corrected chi connectivity index (χ4v) is 5.12. The maximum Gasteiger partial charge on any atom is 0.262 e. The van der Waals surface area contributed by atoms with Gasteiger partial charge in [-0.2, -0.15) is 0 Å². The van der Waals surface area contributed by atoms with Crippen LogP contribution in [0.2, 0.25) is 0 Å². The zero-order valence-corrected chi connectivity index (χ0v) is 16.5. The summed E-state index contributed by atoms with van der Waals surface area (Å²) in [5, 5.41) is 0. The van der Waals surface area contributed by atoms with Gasteiger partial charge in [0.2, 0.25) is 10.0 Å². The molecule has 0 aliphatic carbocycles. The summed E-state index contributed by atoms with van der Waals surface area (Å²) in [4.78, 5) is 0.204. The first-order valence-electron chi connectivity index (χ1n) is 7.63. The highest BCUT2D eigenvalue weighted by Crippen LogP contribution is 2.27. The van der Waals surface area contributed by atoms with Crippen LogP contribution in [0.4, 0.5) is 5.69 Å². The first-order valence-corrected chi connectivity index (χ1v) is 10.6. The molecule has 0 spiro atoms. The number of sulfonamides is 2. The van der Waals surface area contributed by atoms with Crippen molar-refractivity contribution in [3.63, 3.8) is 0 Å². The van der Waals surface area contributed by atoms with Gasteiger partial charge in [0.05, 0.1) is 15.5 Å². The Kier molecular flexibility index (Phi) is 5.27. The fourth-order valence-electron chi connectivity index (χ4n) is 2.78. The summed E-state index contributed by atoms with van der Waals surface area (Å²) in [6.07, 6.45) is 0. The molecule has 0 atom stereocenters. The first kappa shape index (κ1) is 19.4. The van der Waals surface area contributed by atoms with Gasteiger partial charge in [-0.3, -0.25) is 4.72 Å². The molecule has 0 amide bonds. The van der Waals surface area contributed by atoms with E-state index in [4.69, 9.17) is 0 Å². The Balaban J connectivity index is 2.54. The fraction of sp³-hybridized carbons (Fsp3) is 0.294. The van der Waals surface area contributed by atoms with Crippen molar-refractivity contribution in [2.24, 2.45) is 0 Å². The smallest absolute Gasteiger partial charge is 0.262 e. The maximum absolute atomic E-state index is 12.9. The Hall–Kier alpha value is -1.90. The summed E-state index contributed by atoms with van der Waals surface area (Å²) in [6.45, 7) is 7.09. The Morgan fingerprint density at radius 1 is 0.760 bits per heavy atom. The third kappa shape index (κ3) is 4.02. The van der Waals surface area contributed by atoms with E-state index in [2.05, 4.69) is 9.44 Å². The van der Waals surface area contributed by atoms with E-state index in [0.717, 1.165) is 5.56 Å². The van der Waals surface area contributed by atoms with Crippen LogP contribution in [-0.4, -0.2) is 23.9 Å². The molecule has 136 valence electrons. The second-order valence-electron chi connectivity index (χ2n) is 6.02. The normalized spacial score (nSPS) is 12.2. The van der Waals surface area contributed by atoms with Crippen molar-refractivity contribution < 1.29 is 16.8 Å².